The first kappa shape index (κ1) is 17.3. The summed E-state index contributed by atoms with van der Waals surface area (Å²) in [5.41, 5.74) is 1.61. The number of carbonyl (C=O) groups is 2. The van der Waals surface area contributed by atoms with Gasteiger partial charge in [0.2, 0.25) is 5.91 Å². The fourth-order valence-corrected chi connectivity index (χ4v) is 2.29. The van der Waals surface area contributed by atoms with Crippen LogP contribution in [0.15, 0.2) is 42.5 Å². The van der Waals surface area contributed by atoms with Crippen LogP contribution >= 0.6 is 23.2 Å². The molecule has 120 valence electrons. The summed E-state index contributed by atoms with van der Waals surface area (Å²) in [5.74, 6) is -0.484. The first-order chi connectivity index (χ1) is 10.9. The van der Waals surface area contributed by atoms with E-state index in [9.17, 15) is 9.59 Å². The molecule has 2 aromatic carbocycles. The van der Waals surface area contributed by atoms with Crippen molar-refractivity contribution in [3.63, 3.8) is 0 Å². The van der Waals surface area contributed by atoms with Gasteiger partial charge in [-0.05, 0) is 42.5 Å². The number of benzene rings is 2. The lowest BCUT2D eigenvalue weighted by Gasteiger charge is -2.10. The van der Waals surface area contributed by atoms with Gasteiger partial charge in [0.15, 0.2) is 0 Å². The van der Waals surface area contributed by atoms with Crippen LogP contribution in [0.5, 0.6) is 0 Å². The molecule has 0 unspecified atom stereocenters. The summed E-state index contributed by atoms with van der Waals surface area (Å²) < 4.78 is 0. The molecule has 2 N–H and O–H groups in total. The molecule has 4 nitrogen and oxygen atoms in total. The number of nitrogens with one attached hydrogen (secondary N) is 2. The zero-order valence-electron chi connectivity index (χ0n) is 12.7. The molecule has 2 amide bonds. The Morgan fingerprint density at radius 3 is 2.00 bits per heavy atom. The van der Waals surface area contributed by atoms with Crippen LogP contribution in [0, 0.1) is 5.92 Å². The third kappa shape index (κ3) is 4.71. The molecule has 0 saturated carbocycles. The number of carbonyl (C=O) groups excluding carboxylic acids is 2. The van der Waals surface area contributed by atoms with Crippen molar-refractivity contribution in [2.45, 2.75) is 13.8 Å². The highest BCUT2D eigenvalue weighted by Gasteiger charge is 2.11. The van der Waals surface area contributed by atoms with Crippen LogP contribution in [0.3, 0.4) is 0 Å². The maximum atomic E-state index is 12.2. The van der Waals surface area contributed by atoms with E-state index in [1.807, 2.05) is 13.8 Å². The molecule has 0 spiro atoms. The minimum Gasteiger partial charge on any atom is -0.326 e. The molecule has 23 heavy (non-hydrogen) atoms. The monoisotopic (exact) mass is 350 g/mol. The molecular weight excluding hydrogens is 335 g/mol. The average Bonchev–Trinajstić information content (AvgIpc) is 2.48. The van der Waals surface area contributed by atoms with Gasteiger partial charge in [-0.3, -0.25) is 9.59 Å². The molecule has 0 aliphatic rings. The molecular formula is C17H16Cl2N2O2. The van der Waals surface area contributed by atoms with Gasteiger partial charge in [0, 0.05) is 22.3 Å². The van der Waals surface area contributed by atoms with Crippen molar-refractivity contribution in [3.8, 4) is 0 Å². The first-order valence-corrected chi connectivity index (χ1v) is 7.79. The Labute approximate surface area is 144 Å². The summed E-state index contributed by atoms with van der Waals surface area (Å²) in [6.45, 7) is 3.64. The van der Waals surface area contributed by atoms with E-state index in [0.29, 0.717) is 22.0 Å². The summed E-state index contributed by atoms with van der Waals surface area (Å²) in [5, 5.41) is 6.28. The summed E-state index contributed by atoms with van der Waals surface area (Å²) in [6.07, 6.45) is 0. The number of halogens is 2. The minimum absolute atomic E-state index is 0.0604. The van der Waals surface area contributed by atoms with E-state index in [1.165, 1.54) is 6.07 Å². The Morgan fingerprint density at radius 2 is 1.48 bits per heavy atom. The lowest BCUT2D eigenvalue weighted by molar-refractivity contribution is -0.118. The Morgan fingerprint density at radius 1 is 0.913 bits per heavy atom. The zero-order chi connectivity index (χ0) is 17.0. The van der Waals surface area contributed by atoms with Crippen molar-refractivity contribution < 1.29 is 9.59 Å². The van der Waals surface area contributed by atoms with Crippen molar-refractivity contribution in [1.29, 1.82) is 0 Å². The van der Waals surface area contributed by atoms with E-state index < -0.39 is 0 Å². The number of amides is 2. The van der Waals surface area contributed by atoms with Crippen molar-refractivity contribution in [2.24, 2.45) is 5.92 Å². The maximum absolute atomic E-state index is 12.2. The molecule has 0 aromatic heterocycles. The van der Waals surface area contributed by atoms with E-state index in [2.05, 4.69) is 10.6 Å². The average molecular weight is 351 g/mol. The molecule has 0 heterocycles. The lowest BCUT2D eigenvalue weighted by Crippen LogP contribution is -2.17. The Hall–Kier alpha value is -2.04. The molecule has 0 radical (unpaired) electrons. The van der Waals surface area contributed by atoms with Gasteiger partial charge in [0.25, 0.3) is 5.91 Å². The first-order valence-electron chi connectivity index (χ1n) is 7.04. The van der Waals surface area contributed by atoms with Crippen molar-refractivity contribution in [1.82, 2.24) is 0 Å². The van der Waals surface area contributed by atoms with Crippen LogP contribution in [0.1, 0.15) is 24.2 Å². The van der Waals surface area contributed by atoms with E-state index in [0.717, 1.165) is 0 Å². The highest BCUT2D eigenvalue weighted by molar-refractivity contribution is 6.37. The third-order valence-corrected chi connectivity index (χ3v) is 3.66. The molecule has 0 aliphatic heterocycles. The Kier molecular flexibility index (Phi) is 5.64. The van der Waals surface area contributed by atoms with Crippen molar-refractivity contribution in [3.05, 3.63) is 58.1 Å². The van der Waals surface area contributed by atoms with E-state index in [-0.39, 0.29) is 22.8 Å². The van der Waals surface area contributed by atoms with Crippen molar-refractivity contribution >= 4 is 46.4 Å². The van der Waals surface area contributed by atoms with Gasteiger partial charge in [0.1, 0.15) is 0 Å². The van der Waals surface area contributed by atoms with E-state index in [4.69, 9.17) is 23.2 Å². The Bertz CT molecular complexity index is 728. The van der Waals surface area contributed by atoms with Gasteiger partial charge in [-0.1, -0.05) is 37.0 Å². The number of hydrogen-bond donors (Lipinski definition) is 2. The highest BCUT2D eigenvalue weighted by atomic mass is 35.5. The maximum Gasteiger partial charge on any atom is 0.257 e. The predicted octanol–water partition coefficient (Wildman–Crippen LogP) is 4.84. The van der Waals surface area contributed by atoms with Crippen LogP contribution < -0.4 is 10.6 Å². The number of hydrogen-bond acceptors (Lipinski definition) is 2. The molecule has 0 bridgehead atoms. The van der Waals surface area contributed by atoms with Crippen LogP contribution in [-0.2, 0) is 4.79 Å². The fourth-order valence-electron chi connectivity index (χ4n) is 1.80. The summed E-state index contributed by atoms with van der Waals surface area (Å²) in [7, 11) is 0. The second-order valence-electron chi connectivity index (χ2n) is 5.30. The van der Waals surface area contributed by atoms with Crippen LogP contribution in [0.25, 0.3) is 0 Å². The fraction of sp³-hybridized carbons (Fsp3) is 0.176. The van der Waals surface area contributed by atoms with Crippen LogP contribution in [0.4, 0.5) is 11.4 Å². The largest absolute Gasteiger partial charge is 0.326 e. The normalized spacial score (nSPS) is 10.5. The van der Waals surface area contributed by atoms with Crippen LogP contribution in [0.2, 0.25) is 10.0 Å². The minimum atomic E-state index is -0.328. The molecule has 6 heteroatoms. The molecule has 0 atom stereocenters. The molecule has 2 aromatic rings. The number of anilines is 2. The number of rotatable bonds is 4. The summed E-state index contributed by atoms with van der Waals surface area (Å²) in [4.78, 5) is 23.8. The second-order valence-corrected chi connectivity index (χ2v) is 6.14. The predicted molar refractivity (Wildman–Crippen MR) is 94.3 cm³/mol. The zero-order valence-corrected chi connectivity index (χ0v) is 14.2. The summed E-state index contributed by atoms with van der Waals surface area (Å²) in [6, 6.07) is 11.5. The lowest BCUT2D eigenvalue weighted by atomic mass is 10.2. The Balaban J connectivity index is 2.06. The van der Waals surface area contributed by atoms with Gasteiger partial charge >= 0.3 is 0 Å². The van der Waals surface area contributed by atoms with Crippen molar-refractivity contribution in [2.75, 3.05) is 10.6 Å². The molecule has 0 fully saturated rings. The summed E-state index contributed by atoms with van der Waals surface area (Å²) >= 11 is 11.8. The molecule has 2 rings (SSSR count). The van der Waals surface area contributed by atoms with Gasteiger partial charge < -0.3 is 10.6 Å². The third-order valence-electron chi connectivity index (χ3n) is 3.11. The van der Waals surface area contributed by atoms with Gasteiger partial charge in [0.05, 0.1) is 10.6 Å². The molecule has 0 saturated heterocycles. The van der Waals surface area contributed by atoms with Crippen LogP contribution in [-0.4, -0.2) is 11.8 Å². The van der Waals surface area contributed by atoms with E-state index >= 15 is 0 Å². The van der Waals surface area contributed by atoms with Gasteiger partial charge in [-0.15, -0.1) is 0 Å². The highest BCUT2D eigenvalue weighted by Crippen LogP contribution is 2.22. The quantitative estimate of drug-likeness (QED) is 0.828. The van der Waals surface area contributed by atoms with Gasteiger partial charge in [-0.25, -0.2) is 0 Å². The standard InChI is InChI=1S/C17H16Cl2N2O2/c1-10(2)16(22)20-12-4-6-13(7-5-12)21-17(23)14-8-3-11(18)9-15(14)19/h3-10H,1-2H3,(H,20,22)(H,21,23). The smallest absolute Gasteiger partial charge is 0.257 e. The van der Waals surface area contributed by atoms with Gasteiger partial charge in [-0.2, -0.15) is 0 Å². The topological polar surface area (TPSA) is 58.2 Å². The van der Waals surface area contributed by atoms with E-state index in [1.54, 1.807) is 36.4 Å². The SMILES string of the molecule is CC(C)C(=O)Nc1ccc(NC(=O)c2ccc(Cl)cc2Cl)cc1. The molecule has 0 aliphatic carbocycles. The second kappa shape index (κ2) is 7.49.